The highest BCUT2D eigenvalue weighted by molar-refractivity contribution is 7.92. The van der Waals surface area contributed by atoms with Gasteiger partial charge >= 0.3 is 5.76 Å². The minimum atomic E-state index is -3.43. The molecule has 3 aromatic carbocycles. The maximum atomic E-state index is 13.9. The van der Waals surface area contributed by atoms with Crippen LogP contribution in [0.1, 0.15) is 49.8 Å². The Hall–Kier alpha value is -4.57. The van der Waals surface area contributed by atoms with Gasteiger partial charge in [0, 0.05) is 17.5 Å². The molecule has 2 heterocycles. The quantitative estimate of drug-likeness (QED) is 0.250. The van der Waals surface area contributed by atoms with Crippen molar-refractivity contribution in [2.24, 2.45) is 0 Å². The van der Waals surface area contributed by atoms with Crippen LogP contribution in [0.2, 0.25) is 0 Å². The predicted molar refractivity (Wildman–Crippen MR) is 162 cm³/mol. The average molecular weight is 585 g/mol. The van der Waals surface area contributed by atoms with Gasteiger partial charge in [0.1, 0.15) is 5.82 Å². The zero-order valence-electron chi connectivity index (χ0n) is 23.9. The molecule has 0 spiro atoms. The molecule has 0 atom stereocenters. The number of aromatic nitrogens is 4. The summed E-state index contributed by atoms with van der Waals surface area (Å²) in [5.41, 5.74) is 5.24. The topological polar surface area (TPSA) is 128 Å². The normalized spacial score (nSPS) is 11.7. The van der Waals surface area contributed by atoms with E-state index in [1.54, 1.807) is 49.6 Å². The van der Waals surface area contributed by atoms with Crippen LogP contribution in [0, 0.1) is 6.92 Å². The molecule has 5 aromatic rings. The zero-order valence-corrected chi connectivity index (χ0v) is 24.7. The third-order valence-corrected chi connectivity index (χ3v) is 9.40. The zero-order chi connectivity index (χ0) is 30.0. The Morgan fingerprint density at radius 2 is 1.60 bits per heavy atom. The van der Waals surface area contributed by atoms with E-state index < -0.39 is 20.8 Å². The van der Waals surface area contributed by atoms with Crippen molar-refractivity contribution in [2.75, 3.05) is 0 Å². The monoisotopic (exact) mass is 584 g/mol. The van der Waals surface area contributed by atoms with E-state index in [1.807, 2.05) is 48.5 Å². The average Bonchev–Trinajstić information content (AvgIpc) is 3.42. The Kier molecular flexibility index (Phi) is 8.08. The van der Waals surface area contributed by atoms with E-state index in [9.17, 15) is 18.0 Å². The number of nitrogens with zero attached hydrogens (tertiary/aromatic N) is 3. The van der Waals surface area contributed by atoms with E-state index >= 15 is 0 Å². The Morgan fingerprint density at radius 1 is 0.929 bits per heavy atom. The summed E-state index contributed by atoms with van der Waals surface area (Å²) in [4.78, 5) is 33.1. The standard InChI is InChI=1S/C32H32N4O5S/c1-5-8-29-28(31(37)36(21(4)33-29)24-15-17-25(18-16-24)42(39,40)20(2)3)19-22-11-13-23(14-12-22)26-9-6-7-10-27(26)30-34-32(38)41-35-30/h6-7,9-18,20H,5,8,19H2,1-4H3,(H,34,35,38). The molecular formula is C32H32N4O5S. The summed E-state index contributed by atoms with van der Waals surface area (Å²) in [5.74, 6) is 0.279. The second-order valence-electron chi connectivity index (χ2n) is 10.4. The summed E-state index contributed by atoms with van der Waals surface area (Å²) in [5, 5.41) is 3.29. The Labute approximate surface area is 243 Å². The SMILES string of the molecule is CCCc1nc(C)n(-c2ccc(S(=O)(=O)C(C)C)cc2)c(=O)c1Cc1ccc(-c2ccccc2-c2noc(=O)[nH]2)cc1. The molecule has 2 aromatic heterocycles. The lowest BCUT2D eigenvalue weighted by Gasteiger charge is -2.16. The molecule has 0 aliphatic rings. The van der Waals surface area contributed by atoms with Crippen molar-refractivity contribution in [3.05, 3.63) is 116 Å². The van der Waals surface area contributed by atoms with Crippen LogP contribution in [0.25, 0.3) is 28.2 Å². The smallest absolute Gasteiger partial charge is 0.296 e. The minimum Gasteiger partial charge on any atom is -0.296 e. The molecule has 0 saturated heterocycles. The molecule has 0 aliphatic heterocycles. The van der Waals surface area contributed by atoms with Crippen LogP contribution in [0.5, 0.6) is 0 Å². The van der Waals surface area contributed by atoms with Crippen molar-refractivity contribution in [3.8, 4) is 28.2 Å². The molecule has 5 rings (SSSR count). The molecule has 1 N–H and O–H groups in total. The van der Waals surface area contributed by atoms with Crippen LogP contribution in [-0.2, 0) is 22.7 Å². The first-order valence-corrected chi connectivity index (χ1v) is 15.3. The molecule has 42 heavy (non-hydrogen) atoms. The van der Waals surface area contributed by atoms with E-state index in [-0.39, 0.29) is 10.5 Å². The van der Waals surface area contributed by atoms with Gasteiger partial charge in [0.2, 0.25) is 0 Å². The lowest BCUT2D eigenvalue weighted by molar-refractivity contribution is 0.388. The number of rotatable bonds is 9. The first-order chi connectivity index (χ1) is 20.1. The van der Waals surface area contributed by atoms with E-state index in [0.717, 1.165) is 34.4 Å². The van der Waals surface area contributed by atoms with E-state index in [2.05, 4.69) is 17.1 Å². The molecule has 0 aliphatic carbocycles. The third-order valence-electron chi connectivity index (χ3n) is 7.23. The van der Waals surface area contributed by atoms with Crippen molar-refractivity contribution >= 4 is 9.84 Å². The van der Waals surface area contributed by atoms with E-state index in [1.165, 1.54) is 0 Å². The second-order valence-corrected chi connectivity index (χ2v) is 12.9. The molecule has 0 saturated carbocycles. The molecule has 0 bridgehead atoms. The van der Waals surface area contributed by atoms with E-state index in [4.69, 9.17) is 9.51 Å². The van der Waals surface area contributed by atoms with Gasteiger partial charge in [0.05, 0.1) is 21.5 Å². The van der Waals surface area contributed by atoms with Crippen LogP contribution in [-0.4, -0.2) is 33.4 Å². The molecular weight excluding hydrogens is 552 g/mol. The van der Waals surface area contributed by atoms with Gasteiger partial charge in [-0.15, -0.1) is 0 Å². The van der Waals surface area contributed by atoms with Gasteiger partial charge in [-0.3, -0.25) is 18.9 Å². The fourth-order valence-corrected chi connectivity index (χ4v) is 6.05. The molecule has 0 radical (unpaired) electrons. The maximum Gasteiger partial charge on any atom is 0.439 e. The van der Waals surface area contributed by atoms with Crippen molar-refractivity contribution in [1.29, 1.82) is 0 Å². The molecule has 0 unspecified atom stereocenters. The van der Waals surface area contributed by atoms with Crippen LogP contribution in [0.3, 0.4) is 0 Å². The van der Waals surface area contributed by atoms with Crippen molar-refractivity contribution in [3.63, 3.8) is 0 Å². The highest BCUT2D eigenvalue weighted by Gasteiger charge is 2.21. The highest BCUT2D eigenvalue weighted by atomic mass is 32.2. The summed E-state index contributed by atoms with van der Waals surface area (Å²) in [6.07, 6.45) is 1.89. The van der Waals surface area contributed by atoms with Crippen molar-refractivity contribution in [2.45, 2.75) is 57.1 Å². The van der Waals surface area contributed by atoms with E-state index in [0.29, 0.717) is 35.7 Å². The number of benzene rings is 3. The van der Waals surface area contributed by atoms with Crippen LogP contribution >= 0.6 is 0 Å². The molecule has 216 valence electrons. The number of nitrogens with one attached hydrogen (secondary N) is 1. The van der Waals surface area contributed by atoms with Gasteiger partial charge in [-0.1, -0.05) is 67.0 Å². The largest absolute Gasteiger partial charge is 0.439 e. The van der Waals surface area contributed by atoms with Gasteiger partial charge < -0.3 is 0 Å². The lowest BCUT2D eigenvalue weighted by Crippen LogP contribution is -2.28. The summed E-state index contributed by atoms with van der Waals surface area (Å²) >= 11 is 0. The van der Waals surface area contributed by atoms with Gasteiger partial charge in [-0.05, 0) is 68.1 Å². The molecule has 0 fully saturated rings. The Bertz CT molecular complexity index is 1950. The number of sulfone groups is 1. The summed E-state index contributed by atoms with van der Waals surface area (Å²) in [6.45, 7) is 7.13. The fourth-order valence-electron chi connectivity index (χ4n) is 4.99. The molecule has 9 nitrogen and oxygen atoms in total. The van der Waals surface area contributed by atoms with Gasteiger partial charge in [-0.2, -0.15) is 0 Å². The van der Waals surface area contributed by atoms with Gasteiger partial charge in [-0.25, -0.2) is 18.2 Å². The molecule has 10 heteroatoms. The number of H-pyrrole nitrogens is 1. The van der Waals surface area contributed by atoms with Gasteiger partial charge in [0.15, 0.2) is 15.7 Å². The number of aromatic amines is 1. The first-order valence-electron chi connectivity index (χ1n) is 13.8. The third kappa shape index (κ3) is 5.62. The summed E-state index contributed by atoms with van der Waals surface area (Å²) < 4.78 is 31.4. The Balaban J connectivity index is 1.50. The number of hydrogen-bond donors (Lipinski definition) is 1. The summed E-state index contributed by atoms with van der Waals surface area (Å²) in [7, 11) is -3.43. The maximum absolute atomic E-state index is 13.9. The van der Waals surface area contributed by atoms with Crippen LogP contribution in [0.15, 0.2) is 91.8 Å². The fraction of sp³-hybridized carbons (Fsp3) is 0.250. The summed E-state index contributed by atoms with van der Waals surface area (Å²) in [6, 6.07) is 21.9. The number of hydrogen-bond acceptors (Lipinski definition) is 7. The minimum absolute atomic E-state index is 0.171. The van der Waals surface area contributed by atoms with Crippen molar-refractivity contribution in [1.82, 2.24) is 19.7 Å². The van der Waals surface area contributed by atoms with Gasteiger partial charge in [0.25, 0.3) is 5.56 Å². The van der Waals surface area contributed by atoms with Crippen LogP contribution in [0.4, 0.5) is 0 Å². The number of aryl methyl sites for hydroxylation is 2. The highest BCUT2D eigenvalue weighted by Crippen LogP contribution is 2.30. The molecule has 0 amide bonds. The Morgan fingerprint density at radius 3 is 2.19 bits per heavy atom. The predicted octanol–water partition coefficient (Wildman–Crippen LogP) is 5.28. The van der Waals surface area contributed by atoms with Crippen LogP contribution < -0.4 is 11.3 Å². The first kappa shape index (κ1) is 28.9. The van der Waals surface area contributed by atoms with Crippen molar-refractivity contribution < 1.29 is 12.9 Å². The lowest BCUT2D eigenvalue weighted by atomic mass is 9.96. The second kappa shape index (κ2) is 11.7.